The van der Waals surface area contributed by atoms with Crippen LogP contribution in [-0.2, 0) is 11.2 Å². The summed E-state index contributed by atoms with van der Waals surface area (Å²) in [5.74, 6) is -0.728. The zero-order chi connectivity index (χ0) is 13.8. The topological polar surface area (TPSA) is 80.9 Å². The van der Waals surface area contributed by atoms with Gasteiger partial charge in [0.1, 0.15) is 5.82 Å². The Labute approximate surface area is 108 Å². The van der Waals surface area contributed by atoms with Gasteiger partial charge in [0.05, 0.1) is 12.5 Å². The van der Waals surface area contributed by atoms with Crippen molar-refractivity contribution in [2.45, 2.75) is 25.8 Å². The first kappa shape index (κ1) is 13.1. The first-order chi connectivity index (χ1) is 9.06. The van der Waals surface area contributed by atoms with E-state index in [1.165, 1.54) is 16.8 Å². The standard InChI is InChI=1S/C12H13FN4O2/c1-8(5-12(18)19)17-11(14-15-16-17)7-9-3-2-4-10(13)6-9/h2-4,6,8H,5,7H2,1H3,(H,18,19). The maximum atomic E-state index is 13.1. The number of hydrogen-bond acceptors (Lipinski definition) is 4. The van der Waals surface area contributed by atoms with E-state index < -0.39 is 5.97 Å². The largest absolute Gasteiger partial charge is 0.481 e. The molecule has 0 saturated carbocycles. The third-order valence-electron chi connectivity index (χ3n) is 2.70. The van der Waals surface area contributed by atoms with Crippen molar-refractivity contribution in [3.8, 4) is 0 Å². The Morgan fingerprint density at radius 3 is 3.00 bits per heavy atom. The number of aromatic nitrogens is 4. The van der Waals surface area contributed by atoms with Crippen molar-refractivity contribution in [2.75, 3.05) is 0 Å². The Balaban J connectivity index is 2.18. The van der Waals surface area contributed by atoms with Crippen LogP contribution in [0, 0.1) is 5.82 Å². The van der Waals surface area contributed by atoms with Crippen LogP contribution >= 0.6 is 0 Å². The first-order valence-electron chi connectivity index (χ1n) is 5.79. The fourth-order valence-corrected chi connectivity index (χ4v) is 1.84. The van der Waals surface area contributed by atoms with Gasteiger partial charge in [-0.05, 0) is 35.0 Å². The molecule has 19 heavy (non-hydrogen) atoms. The molecule has 1 atom stereocenters. The molecule has 0 aliphatic heterocycles. The van der Waals surface area contributed by atoms with Crippen LogP contribution in [0.25, 0.3) is 0 Å². The molecular weight excluding hydrogens is 251 g/mol. The van der Waals surface area contributed by atoms with Gasteiger partial charge in [-0.1, -0.05) is 12.1 Å². The van der Waals surface area contributed by atoms with Crippen LogP contribution in [0.2, 0.25) is 0 Å². The van der Waals surface area contributed by atoms with Gasteiger partial charge in [-0.25, -0.2) is 9.07 Å². The van der Waals surface area contributed by atoms with Gasteiger partial charge >= 0.3 is 5.97 Å². The minimum absolute atomic E-state index is 0.0683. The summed E-state index contributed by atoms with van der Waals surface area (Å²) in [6.45, 7) is 1.72. The molecule has 7 heteroatoms. The zero-order valence-electron chi connectivity index (χ0n) is 10.3. The summed E-state index contributed by atoms with van der Waals surface area (Å²) >= 11 is 0. The van der Waals surface area contributed by atoms with Crippen molar-refractivity contribution in [1.82, 2.24) is 20.2 Å². The highest BCUT2D eigenvalue weighted by Crippen LogP contribution is 2.14. The van der Waals surface area contributed by atoms with E-state index in [9.17, 15) is 9.18 Å². The van der Waals surface area contributed by atoms with Gasteiger partial charge in [-0.3, -0.25) is 4.79 Å². The maximum absolute atomic E-state index is 13.1. The van der Waals surface area contributed by atoms with E-state index in [0.717, 1.165) is 5.56 Å². The summed E-state index contributed by atoms with van der Waals surface area (Å²) in [6.07, 6.45) is 0.288. The summed E-state index contributed by atoms with van der Waals surface area (Å²) < 4.78 is 14.5. The van der Waals surface area contributed by atoms with Crippen LogP contribution in [0.5, 0.6) is 0 Å². The number of carboxylic acid groups (broad SMARTS) is 1. The van der Waals surface area contributed by atoms with E-state index in [1.807, 2.05) is 0 Å². The third-order valence-corrected chi connectivity index (χ3v) is 2.70. The average molecular weight is 264 g/mol. The van der Waals surface area contributed by atoms with Crippen LogP contribution in [0.3, 0.4) is 0 Å². The molecule has 0 bridgehead atoms. The van der Waals surface area contributed by atoms with E-state index in [2.05, 4.69) is 15.5 Å². The normalized spacial score (nSPS) is 12.3. The third kappa shape index (κ3) is 3.34. The smallest absolute Gasteiger partial charge is 0.305 e. The predicted molar refractivity (Wildman–Crippen MR) is 64.0 cm³/mol. The Morgan fingerprint density at radius 2 is 2.32 bits per heavy atom. The van der Waals surface area contributed by atoms with Crippen molar-refractivity contribution < 1.29 is 14.3 Å². The molecule has 1 aromatic carbocycles. The summed E-state index contributed by atoms with van der Waals surface area (Å²) in [7, 11) is 0. The number of hydrogen-bond donors (Lipinski definition) is 1. The monoisotopic (exact) mass is 264 g/mol. The summed E-state index contributed by atoms with van der Waals surface area (Å²) in [6, 6.07) is 5.79. The minimum Gasteiger partial charge on any atom is -0.481 e. The lowest BCUT2D eigenvalue weighted by Crippen LogP contribution is -2.15. The number of halogens is 1. The van der Waals surface area contributed by atoms with Crippen LogP contribution in [0.4, 0.5) is 4.39 Å². The van der Waals surface area contributed by atoms with Crippen molar-refractivity contribution in [3.63, 3.8) is 0 Å². The Kier molecular flexibility index (Phi) is 3.84. The minimum atomic E-state index is -0.917. The van der Waals surface area contributed by atoms with Gasteiger partial charge in [0.25, 0.3) is 0 Å². The molecule has 0 saturated heterocycles. The molecule has 1 unspecified atom stereocenters. The highest BCUT2D eigenvalue weighted by molar-refractivity contribution is 5.67. The van der Waals surface area contributed by atoms with Crippen molar-refractivity contribution in [2.24, 2.45) is 0 Å². The fraction of sp³-hybridized carbons (Fsp3) is 0.333. The second-order valence-electron chi connectivity index (χ2n) is 4.29. The Hall–Kier alpha value is -2.31. The molecule has 1 heterocycles. The van der Waals surface area contributed by atoms with E-state index in [1.54, 1.807) is 19.1 Å². The number of benzene rings is 1. The van der Waals surface area contributed by atoms with E-state index in [-0.39, 0.29) is 18.3 Å². The second-order valence-corrected chi connectivity index (χ2v) is 4.29. The van der Waals surface area contributed by atoms with Gasteiger partial charge in [-0.2, -0.15) is 0 Å². The van der Waals surface area contributed by atoms with E-state index in [0.29, 0.717) is 12.2 Å². The van der Waals surface area contributed by atoms with E-state index in [4.69, 9.17) is 5.11 Å². The molecule has 2 rings (SSSR count). The molecule has 6 nitrogen and oxygen atoms in total. The second kappa shape index (κ2) is 5.55. The number of aliphatic carboxylic acids is 1. The molecule has 0 spiro atoms. The number of tetrazole rings is 1. The lowest BCUT2D eigenvalue weighted by Gasteiger charge is -2.10. The highest BCUT2D eigenvalue weighted by atomic mass is 19.1. The molecule has 100 valence electrons. The van der Waals surface area contributed by atoms with Crippen LogP contribution < -0.4 is 0 Å². The maximum Gasteiger partial charge on any atom is 0.305 e. The van der Waals surface area contributed by atoms with Crippen molar-refractivity contribution >= 4 is 5.97 Å². The number of carboxylic acids is 1. The SMILES string of the molecule is CC(CC(=O)O)n1nnnc1Cc1cccc(F)c1. The van der Waals surface area contributed by atoms with Gasteiger partial charge in [0, 0.05) is 6.42 Å². The molecule has 1 N–H and O–H groups in total. The molecule has 0 aliphatic rings. The van der Waals surface area contributed by atoms with Crippen LogP contribution in [0.1, 0.15) is 30.8 Å². The Bertz CT molecular complexity index is 585. The van der Waals surface area contributed by atoms with Gasteiger partial charge < -0.3 is 5.11 Å². The summed E-state index contributed by atoms with van der Waals surface area (Å²) in [5.41, 5.74) is 0.735. The highest BCUT2D eigenvalue weighted by Gasteiger charge is 2.16. The average Bonchev–Trinajstić information content (AvgIpc) is 2.76. The Morgan fingerprint density at radius 1 is 1.53 bits per heavy atom. The van der Waals surface area contributed by atoms with Crippen LogP contribution in [-0.4, -0.2) is 31.3 Å². The summed E-state index contributed by atoms with van der Waals surface area (Å²) in [4.78, 5) is 10.7. The zero-order valence-corrected chi connectivity index (χ0v) is 10.3. The first-order valence-corrected chi connectivity index (χ1v) is 5.79. The number of carbonyl (C=O) groups is 1. The lowest BCUT2D eigenvalue weighted by atomic mass is 10.1. The molecule has 0 fully saturated rings. The molecule has 0 amide bonds. The van der Waals surface area contributed by atoms with Gasteiger partial charge in [0.2, 0.25) is 0 Å². The number of nitrogens with zero attached hydrogens (tertiary/aromatic N) is 4. The molecular formula is C12H13FN4O2. The number of rotatable bonds is 5. The van der Waals surface area contributed by atoms with Crippen molar-refractivity contribution in [1.29, 1.82) is 0 Å². The summed E-state index contributed by atoms with van der Waals surface area (Å²) in [5, 5.41) is 20.0. The van der Waals surface area contributed by atoms with Gasteiger partial charge in [0.15, 0.2) is 5.82 Å². The van der Waals surface area contributed by atoms with Gasteiger partial charge in [-0.15, -0.1) is 5.10 Å². The van der Waals surface area contributed by atoms with E-state index >= 15 is 0 Å². The molecule has 0 radical (unpaired) electrons. The molecule has 0 aliphatic carbocycles. The predicted octanol–water partition coefficient (Wildman–Crippen LogP) is 1.44. The fourth-order valence-electron chi connectivity index (χ4n) is 1.84. The van der Waals surface area contributed by atoms with Crippen molar-refractivity contribution in [3.05, 3.63) is 41.5 Å². The van der Waals surface area contributed by atoms with Crippen LogP contribution in [0.15, 0.2) is 24.3 Å². The quantitative estimate of drug-likeness (QED) is 0.883. The molecule has 1 aromatic heterocycles. The lowest BCUT2D eigenvalue weighted by molar-refractivity contribution is -0.137. The molecule has 2 aromatic rings.